The number of hydrogen-bond donors (Lipinski definition) is 1. The van der Waals surface area contributed by atoms with Crippen molar-refractivity contribution in [3.63, 3.8) is 0 Å². The highest BCUT2D eigenvalue weighted by molar-refractivity contribution is 6.19. The molecule has 2 rings (SSSR count). The zero-order chi connectivity index (χ0) is 14.8. The van der Waals surface area contributed by atoms with E-state index in [9.17, 15) is 14.9 Å². The molecule has 1 aliphatic rings. The highest BCUT2D eigenvalue weighted by Gasteiger charge is 2.35. The first-order valence-electron chi connectivity index (χ1n) is 6.25. The lowest BCUT2D eigenvalue weighted by molar-refractivity contribution is -0.391. The van der Waals surface area contributed by atoms with Crippen molar-refractivity contribution in [1.82, 2.24) is 9.88 Å². The third-order valence-corrected chi connectivity index (χ3v) is 4.11. The standard InChI is InChI=1S/C12H16ClN3O4/c1-15-9(2-3-10(15)16(18)19)11(17)14-12(8-13)4-6-20-7-5-12/h2-3H,4-8H2,1H3,(H,14,17). The third kappa shape index (κ3) is 2.78. The number of ether oxygens (including phenoxy) is 1. The number of alkyl halides is 1. The van der Waals surface area contributed by atoms with E-state index in [4.69, 9.17) is 16.3 Å². The Morgan fingerprint density at radius 3 is 2.70 bits per heavy atom. The van der Waals surface area contributed by atoms with E-state index < -0.39 is 10.5 Å². The van der Waals surface area contributed by atoms with E-state index in [0.29, 0.717) is 26.1 Å². The molecule has 0 radical (unpaired) electrons. The molecule has 8 heteroatoms. The fourth-order valence-corrected chi connectivity index (χ4v) is 2.60. The molecule has 1 amide bonds. The number of halogens is 1. The Kier molecular flexibility index (Phi) is 4.29. The predicted molar refractivity (Wildman–Crippen MR) is 73.0 cm³/mol. The first-order chi connectivity index (χ1) is 9.49. The normalized spacial score (nSPS) is 17.7. The summed E-state index contributed by atoms with van der Waals surface area (Å²) in [6.07, 6.45) is 1.27. The van der Waals surface area contributed by atoms with Crippen molar-refractivity contribution < 1.29 is 14.5 Å². The van der Waals surface area contributed by atoms with Crippen LogP contribution >= 0.6 is 11.6 Å². The molecule has 1 N–H and O–H groups in total. The molecule has 0 aromatic carbocycles. The zero-order valence-electron chi connectivity index (χ0n) is 11.1. The van der Waals surface area contributed by atoms with Gasteiger partial charge in [-0.1, -0.05) is 0 Å². The Labute approximate surface area is 121 Å². The van der Waals surface area contributed by atoms with Crippen LogP contribution in [0.1, 0.15) is 23.3 Å². The number of nitrogens with one attached hydrogen (secondary N) is 1. The van der Waals surface area contributed by atoms with Crippen LogP contribution in [0.3, 0.4) is 0 Å². The van der Waals surface area contributed by atoms with Gasteiger partial charge < -0.3 is 20.2 Å². The summed E-state index contributed by atoms with van der Waals surface area (Å²) in [5.41, 5.74) is -0.261. The first-order valence-corrected chi connectivity index (χ1v) is 6.79. The van der Waals surface area contributed by atoms with Crippen LogP contribution in [0, 0.1) is 10.1 Å². The minimum Gasteiger partial charge on any atom is -0.381 e. The van der Waals surface area contributed by atoms with Gasteiger partial charge >= 0.3 is 5.82 Å². The number of amides is 1. The SMILES string of the molecule is Cn1c(C(=O)NC2(CCl)CCOCC2)ccc1[N+](=O)[O-]. The molecule has 1 saturated heterocycles. The van der Waals surface area contributed by atoms with E-state index in [1.54, 1.807) is 0 Å². The smallest absolute Gasteiger partial charge is 0.323 e. The molecule has 0 bridgehead atoms. The van der Waals surface area contributed by atoms with Crippen molar-refractivity contribution in [2.45, 2.75) is 18.4 Å². The van der Waals surface area contributed by atoms with Crippen LogP contribution in [0.15, 0.2) is 12.1 Å². The quantitative estimate of drug-likeness (QED) is 0.518. The Morgan fingerprint density at radius 2 is 2.20 bits per heavy atom. The fourth-order valence-electron chi connectivity index (χ4n) is 2.27. The maximum atomic E-state index is 12.3. The second-order valence-electron chi connectivity index (χ2n) is 4.87. The van der Waals surface area contributed by atoms with Gasteiger partial charge in [-0.15, -0.1) is 11.6 Å². The van der Waals surface area contributed by atoms with Crippen molar-refractivity contribution in [1.29, 1.82) is 0 Å². The summed E-state index contributed by atoms with van der Waals surface area (Å²) in [6, 6.07) is 2.75. The van der Waals surface area contributed by atoms with Crippen molar-refractivity contribution in [2.24, 2.45) is 7.05 Å². The van der Waals surface area contributed by atoms with Gasteiger partial charge in [0.25, 0.3) is 5.91 Å². The fraction of sp³-hybridized carbons (Fsp3) is 0.583. The Morgan fingerprint density at radius 1 is 1.55 bits per heavy atom. The Balaban J connectivity index is 2.17. The maximum absolute atomic E-state index is 12.3. The number of rotatable bonds is 4. The van der Waals surface area contributed by atoms with Gasteiger partial charge in [-0.05, 0) is 23.8 Å². The van der Waals surface area contributed by atoms with Crippen LogP contribution in [-0.2, 0) is 11.8 Å². The number of nitrogens with zero attached hydrogens (tertiary/aromatic N) is 2. The molecule has 1 fully saturated rings. The van der Waals surface area contributed by atoms with Crippen molar-refractivity contribution in [3.05, 3.63) is 27.9 Å². The molecule has 110 valence electrons. The van der Waals surface area contributed by atoms with Crippen LogP contribution in [0.2, 0.25) is 0 Å². The third-order valence-electron chi connectivity index (χ3n) is 3.60. The topological polar surface area (TPSA) is 86.4 Å². The van der Waals surface area contributed by atoms with E-state index in [-0.39, 0.29) is 23.3 Å². The van der Waals surface area contributed by atoms with Gasteiger partial charge in [0.15, 0.2) is 5.69 Å². The van der Waals surface area contributed by atoms with Gasteiger partial charge in [0, 0.05) is 25.2 Å². The van der Waals surface area contributed by atoms with Gasteiger partial charge in [0.1, 0.15) is 0 Å². The molecule has 0 aliphatic carbocycles. The summed E-state index contributed by atoms with van der Waals surface area (Å²) in [7, 11) is 1.49. The molecule has 1 aromatic heterocycles. The minimum absolute atomic E-state index is 0.123. The number of nitro groups is 1. The average Bonchev–Trinajstić information content (AvgIpc) is 2.82. The molecule has 0 unspecified atom stereocenters. The second-order valence-corrected chi connectivity index (χ2v) is 5.14. The largest absolute Gasteiger partial charge is 0.381 e. The lowest BCUT2D eigenvalue weighted by Crippen LogP contribution is -2.53. The monoisotopic (exact) mass is 301 g/mol. The maximum Gasteiger partial charge on any atom is 0.323 e. The number of carbonyl (C=O) groups excluding carboxylic acids is 1. The summed E-state index contributed by atoms with van der Waals surface area (Å²) in [6.45, 7) is 1.08. The van der Waals surface area contributed by atoms with E-state index in [2.05, 4.69) is 5.32 Å². The lowest BCUT2D eigenvalue weighted by Gasteiger charge is -2.36. The zero-order valence-corrected chi connectivity index (χ0v) is 11.9. The number of hydrogen-bond acceptors (Lipinski definition) is 4. The van der Waals surface area contributed by atoms with Crippen LogP contribution < -0.4 is 5.32 Å². The summed E-state index contributed by atoms with van der Waals surface area (Å²) < 4.78 is 6.53. The van der Waals surface area contributed by atoms with E-state index in [1.807, 2.05) is 0 Å². The number of carbonyl (C=O) groups is 1. The number of aromatic nitrogens is 1. The van der Waals surface area contributed by atoms with Crippen LogP contribution in [0.5, 0.6) is 0 Å². The molecular weight excluding hydrogens is 286 g/mol. The van der Waals surface area contributed by atoms with Crippen molar-refractivity contribution in [3.8, 4) is 0 Å². The van der Waals surface area contributed by atoms with Gasteiger partial charge in [-0.3, -0.25) is 4.79 Å². The Hall–Kier alpha value is -1.60. The molecule has 2 heterocycles. The Bertz CT molecular complexity index is 523. The second kappa shape index (κ2) is 5.80. The first kappa shape index (κ1) is 14.8. The van der Waals surface area contributed by atoms with Gasteiger partial charge in [-0.2, -0.15) is 0 Å². The van der Waals surface area contributed by atoms with Crippen LogP contribution in [-0.4, -0.2) is 40.0 Å². The van der Waals surface area contributed by atoms with Gasteiger partial charge in [0.2, 0.25) is 0 Å². The summed E-state index contributed by atoms with van der Waals surface area (Å²) in [5.74, 6) is -0.195. The molecule has 7 nitrogen and oxygen atoms in total. The van der Waals surface area contributed by atoms with Crippen LogP contribution in [0.4, 0.5) is 5.82 Å². The summed E-state index contributed by atoms with van der Waals surface area (Å²) in [4.78, 5) is 22.5. The predicted octanol–water partition coefficient (Wildman–Crippen LogP) is 1.45. The van der Waals surface area contributed by atoms with E-state index >= 15 is 0 Å². The summed E-state index contributed by atoms with van der Waals surface area (Å²) >= 11 is 5.98. The van der Waals surface area contributed by atoms with Crippen LogP contribution in [0.25, 0.3) is 0 Å². The molecule has 20 heavy (non-hydrogen) atoms. The molecule has 0 saturated carbocycles. The minimum atomic E-state index is -0.525. The van der Waals surface area contributed by atoms with E-state index in [1.165, 1.54) is 23.7 Å². The summed E-state index contributed by atoms with van der Waals surface area (Å²) in [5, 5.41) is 13.7. The lowest BCUT2D eigenvalue weighted by atomic mass is 9.92. The molecular formula is C12H16ClN3O4. The van der Waals surface area contributed by atoms with E-state index in [0.717, 1.165) is 0 Å². The molecule has 0 spiro atoms. The van der Waals surface area contributed by atoms with Crippen molar-refractivity contribution >= 4 is 23.3 Å². The molecule has 0 atom stereocenters. The van der Waals surface area contributed by atoms with Gasteiger partial charge in [-0.25, -0.2) is 4.57 Å². The van der Waals surface area contributed by atoms with Crippen molar-refractivity contribution in [2.75, 3.05) is 19.1 Å². The molecule has 1 aromatic rings. The molecule has 1 aliphatic heterocycles. The highest BCUT2D eigenvalue weighted by atomic mass is 35.5. The average molecular weight is 302 g/mol. The van der Waals surface area contributed by atoms with Gasteiger partial charge in [0.05, 0.1) is 12.6 Å². The highest BCUT2D eigenvalue weighted by Crippen LogP contribution is 2.23.